The zero-order chi connectivity index (χ0) is 15.9. The number of hydrogen-bond acceptors (Lipinski definition) is 1. The number of rotatable bonds is 5. The lowest BCUT2D eigenvalue weighted by molar-refractivity contribution is -0.339. The molecule has 21 heavy (non-hydrogen) atoms. The van der Waals surface area contributed by atoms with Crippen molar-refractivity contribution in [2.75, 3.05) is 13.3 Å². The summed E-state index contributed by atoms with van der Waals surface area (Å²) in [6.45, 7) is -0.380. The van der Waals surface area contributed by atoms with Gasteiger partial charge in [0.2, 0.25) is 5.60 Å². The fourth-order valence-corrected chi connectivity index (χ4v) is 1.05. The van der Waals surface area contributed by atoms with Gasteiger partial charge in [0.15, 0.2) is 6.67 Å². The standard InChI is InChI=1S/C8H11F7O.C2H5F.2CH4/c1-2-5(10)3-6(16,8(13,14)15)7(11,12)4-9;1-2-3;;/h5,16H,2-4H2,1H3;2H2,1H3;2*1H4. The maximum atomic E-state index is 12.7. The molecule has 0 aromatic carbocycles. The van der Waals surface area contributed by atoms with Gasteiger partial charge < -0.3 is 5.11 Å². The van der Waals surface area contributed by atoms with Gasteiger partial charge in [-0.2, -0.15) is 13.2 Å². The second kappa shape index (κ2) is 11.0. The fourth-order valence-electron chi connectivity index (χ4n) is 1.05. The normalized spacial score (nSPS) is 15.6. The molecule has 0 aliphatic carbocycles. The Kier molecular flexibility index (Phi) is 15.0. The number of aliphatic hydroxyl groups is 1. The lowest BCUT2D eigenvalue weighted by atomic mass is 9.88. The second-order valence-electron chi connectivity index (χ2n) is 3.67. The van der Waals surface area contributed by atoms with Gasteiger partial charge in [0.1, 0.15) is 6.17 Å². The molecule has 0 amide bonds. The Morgan fingerprint density at radius 3 is 1.48 bits per heavy atom. The summed E-state index contributed by atoms with van der Waals surface area (Å²) in [5, 5.41) is 8.82. The van der Waals surface area contributed by atoms with Crippen LogP contribution in [0, 0.1) is 0 Å². The van der Waals surface area contributed by atoms with Crippen molar-refractivity contribution in [3.8, 4) is 0 Å². The molecule has 1 N–H and O–H groups in total. The first kappa shape index (κ1) is 28.5. The van der Waals surface area contributed by atoms with Gasteiger partial charge in [-0.1, -0.05) is 21.8 Å². The molecule has 0 saturated carbocycles. The van der Waals surface area contributed by atoms with E-state index < -0.39 is 43.4 Å². The van der Waals surface area contributed by atoms with E-state index in [-0.39, 0.29) is 21.5 Å². The molecule has 134 valence electrons. The Bertz CT molecular complexity index is 244. The van der Waals surface area contributed by atoms with Crippen LogP contribution in [0.2, 0.25) is 0 Å². The van der Waals surface area contributed by atoms with Gasteiger partial charge in [0, 0.05) is 6.42 Å². The zero-order valence-electron chi connectivity index (χ0n) is 10.4. The minimum atomic E-state index is -5.80. The van der Waals surface area contributed by atoms with E-state index in [9.17, 15) is 35.1 Å². The third-order valence-corrected chi connectivity index (χ3v) is 2.20. The van der Waals surface area contributed by atoms with Gasteiger partial charge in [-0.05, 0) is 13.3 Å². The second-order valence-corrected chi connectivity index (χ2v) is 3.67. The van der Waals surface area contributed by atoms with Crippen molar-refractivity contribution in [2.45, 2.75) is 65.4 Å². The molecule has 1 nitrogen and oxygen atoms in total. The molecule has 0 aromatic rings. The summed E-state index contributed by atoms with van der Waals surface area (Å²) in [6, 6.07) is 0. The van der Waals surface area contributed by atoms with Gasteiger partial charge in [0.05, 0.1) is 6.67 Å². The highest BCUT2D eigenvalue weighted by Crippen LogP contribution is 2.45. The van der Waals surface area contributed by atoms with Crippen LogP contribution in [-0.4, -0.2) is 42.3 Å². The molecule has 0 saturated heterocycles. The van der Waals surface area contributed by atoms with E-state index in [1.165, 1.54) is 6.92 Å². The molecule has 0 aromatic heterocycles. The summed E-state index contributed by atoms with van der Waals surface area (Å²) in [6.07, 6.45) is -10.5. The van der Waals surface area contributed by atoms with Crippen LogP contribution in [-0.2, 0) is 0 Å². The first-order chi connectivity index (χ1) is 8.43. The van der Waals surface area contributed by atoms with E-state index in [0.717, 1.165) is 6.92 Å². The predicted molar refractivity (Wildman–Crippen MR) is 66.8 cm³/mol. The first-order valence-corrected chi connectivity index (χ1v) is 5.36. The lowest BCUT2D eigenvalue weighted by Gasteiger charge is -2.36. The van der Waals surface area contributed by atoms with Crippen LogP contribution in [0.25, 0.3) is 0 Å². The SMILES string of the molecule is C.C.CCC(F)CC(O)(C(F)(F)F)C(F)(F)CF.CCF. The molecule has 0 aliphatic rings. The third-order valence-electron chi connectivity index (χ3n) is 2.20. The molecule has 0 radical (unpaired) electrons. The van der Waals surface area contributed by atoms with Crippen LogP contribution in [0.3, 0.4) is 0 Å². The van der Waals surface area contributed by atoms with Crippen molar-refractivity contribution in [1.29, 1.82) is 0 Å². The molecule has 0 aliphatic heterocycles. The van der Waals surface area contributed by atoms with E-state index >= 15 is 0 Å². The largest absolute Gasteiger partial charge is 0.423 e. The van der Waals surface area contributed by atoms with Crippen molar-refractivity contribution in [3.63, 3.8) is 0 Å². The zero-order valence-corrected chi connectivity index (χ0v) is 10.4. The fraction of sp³-hybridized carbons (Fsp3) is 1.00. The predicted octanol–water partition coefficient (Wildman–Crippen LogP) is 5.27. The number of alkyl halides is 8. The highest BCUT2D eigenvalue weighted by molar-refractivity contribution is 5.00. The van der Waals surface area contributed by atoms with Crippen LogP contribution in [0.15, 0.2) is 0 Å². The minimum absolute atomic E-state index is 0. The summed E-state index contributed by atoms with van der Waals surface area (Å²) in [5.41, 5.74) is -4.68. The summed E-state index contributed by atoms with van der Waals surface area (Å²) < 4.78 is 96.8. The summed E-state index contributed by atoms with van der Waals surface area (Å²) in [4.78, 5) is 0. The smallest absolute Gasteiger partial charge is 0.376 e. The van der Waals surface area contributed by atoms with Gasteiger partial charge >= 0.3 is 12.1 Å². The van der Waals surface area contributed by atoms with E-state index in [1.54, 1.807) is 0 Å². The van der Waals surface area contributed by atoms with E-state index in [1.807, 2.05) is 0 Å². The van der Waals surface area contributed by atoms with E-state index in [0.29, 0.717) is 0 Å². The van der Waals surface area contributed by atoms with E-state index in [2.05, 4.69) is 0 Å². The Labute approximate surface area is 120 Å². The molecular formula is C12H24F8O. The average Bonchev–Trinajstić information content (AvgIpc) is 2.28. The van der Waals surface area contributed by atoms with Crippen molar-refractivity contribution in [1.82, 2.24) is 0 Å². The summed E-state index contributed by atoms with van der Waals surface area (Å²) in [7, 11) is 0. The quantitative estimate of drug-likeness (QED) is 0.678. The highest BCUT2D eigenvalue weighted by Gasteiger charge is 2.69. The topological polar surface area (TPSA) is 20.2 Å². The average molecular weight is 336 g/mol. The van der Waals surface area contributed by atoms with Crippen LogP contribution in [0.1, 0.15) is 41.5 Å². The summed E-state index contributed by atoms with van der Waals surface area (Å²) >= 11 is 0. The van der Waals surface area contributed by atoms with Crippen molar-refractivity contribution >= 4 is 0 Å². The van der Waals surface area contributed by atoms with Gasteiger partial charge in [0.25, 0.3) is 0 Å². The molecule has 0 bridgehead atoms. The highest BCUT2D eigenvalue weighted by atomic mass is 19.4. The van der Waals surface area contributed by atoms with E-state index in [4.69, 9.17) is 5.11 Å². The van der Waals surface area contributed by atoms with Crippen molar-refractivity contribution < 1.29 is 40.2 Å². The monoisotopic (exact) mass is 336 g/mol. The van der Waals surface area contributed by atoms with Crippen LogP contribution < -0.4 is 0 Å². The Balaban J connectivity index is -0.000000264. The molecule has 2 unspecified atom stereocenters. The van der Waals surface area contributed by atoms with Gasteiger partial charge in [-0.25, -0.2) is 17.6 Å². The molecule has 0 spiro atoms. The maximum absolute atomic E-state index is 12.7. The van der Waals surface area contributed by atoms with Crippen LogP contribution in [0.5, 0.6) is 0 Å². The van der Waals surface area contributed by atoms with Gasteiger partial charge in [-0.3, -0.25) is 4.39 Å². The maximum Gasteiger partial charge on any atom is 0.423 e. The number of hydrogen-bond donors (Lipinski definition) is 1. The van der Waals surface area contributed by atoms with Crippen LogP contribution in [0.4, 0.5) is 35.1 Å². The third kappa shape index (κ3) is 7.82. The van der Waals surface area contributed by atoms with Gasteiger partial charge in [-0.15, -0.1) is 0 Å². The molecular weight excluding hydrogens is 312 g/mol. The molecule has 9 heteroatoms. The molecule has 2 atom stereocenters. The minimum Gasteiger partial charge on any atom is -0.376 e. The molecule has 0 fully saturated rings. The van der Waals surface area contributed by atoms with Crippen molar-refractivity contribution in [3.05, 3.63) is 0 Å². The van der Waals surface area contributed by atoms with Crippen LogP contribution >= 0.6 is 0 Å². The Morgan fingerprint density at radius 1 is 0.952 bits per heavy atom. The molecule has 0 heterocycles. The van der Waals surface area contributed by atoms with Crippen molar-refractivity contribution in [2.24, 2.45) is 0 Å². The number of halogens is 8. The molecule has 0 rings (SSSR count). The first-order valence-electron chi connectivity index (χ1n) is 5.36. The lowest BCUT2D eigenvalue weighted by Crippen LogP contribution is -2.61. The Morgan fingerprint density at radius 2 is 1.29 bits per heavy atom. The summed E-state index contributed by atoms with van der Waals surface area (Å²) in [5.74, 6) is -5.06. The Hall–Kier alpha value is -0.600.